The lowest BCUT2D eigenvalue weighted by atomic mass is 9.93. The molecule has 0 aliphatic carbocycles. The molecule has 41 heavy (non-hydrogen) atoms. The lowest BCUT2D eigenvalue weighted by molar-refractivity contribution is -0.140. The fourth-order valence-corrected chi connectivity index (χ4v) is 5.02. The fraction of sp³-hybridized carbons (Fsp3) is 0.206. The molecule has 0 spiro atoms. The molecule has 1 fully saturated rings. The molecule has 1 aliphatic heterocycles. The van der Waals surface area contributed by atoms with Crippen LogP contribution in [0.15, 0.2) is 103 Å². The first-order chi connectivity index (χ1) is 19.9. The van der Waals surface area contributed by atoms with E-state index in [1.807, 2.05) is 81.4 Å². The van der Waals surface area contributed by atoms with Gasteiger partial charge in [0.05, 0.1) is 30.5 Å². The number of ether oxygens (including phenoxy) is 2. The maximum absolute atomic E-state index is 13.6. The summed E-state index contributed by atoms with van der Waals surface area (Å²) >= 11 is 0. The van der Waals surface area contributed by atoms with Crippen LogP contribution in [0.4, 0.5) is 0 Å². The first-order valence-electron chi connectivity index (χ1n) is 13.7. The zero-order valence-electron chi connectivity index (χ0n) is 23.3. The van der Waals surface area contributed by atoms with Crippen molar-refractivity contribution in [3.05, 3.63) is 125 Å². The van der Waals surface area contributed by atoms with Gasteiger partial charge in [-0.2, -0.15) is 0 Å². The predicted molar refractivity (Wildman–Crippen MR) is 157 cm³/mol. The minimum Gasteiger partial charge on any atom is -0.507 e. The SMILES string of the molecule is CCOc1ccc(/C(O)=C2\C(=O)C(=O)N(Cc3ccccn3)C2c2cccc(Oc3ccccc3)c2)cc1C(C)C. The average Bonchev–Trinajstić information content (AvgIpc) is 3.23. The predicted octanol–water partition coefficient (Wildman–Crippen LogP) is 7.02. The zero-order valence-corrected chi connectivity index (χ0v) is 23.3. The minimum atomic E-state index is -0.856. The molecule has 0 radical (unpaired) electrons. The average molecular weight is 549 g/mol. The summed E-state index contributed by atoms with van der Waals surface area (Å²) in [5, 5.41) is 11.6. The lowest BCUT2D eigenvalue weighted by Crippen LogP contribution is -2.29. The van der Waals surface area contributed by atoms with Gasteiger partial charge in [-0.1, -0.05) is 50.2 Å². The number of ketones is 1. The van der Waals surface area contributed by atoms with Gasteiger partial charge in [-0.05, 0) is 78.6 Å². The molecule has 2 heterocycles. The molecule has 0 saturated carbocycles. The first kappa shape index (κ1) is 27.6. The normalized spacial score (nSPS) is 16.3. The van der Waals surface area contributed by atoms with E-state index in [0.29, 0.717) is 34.9 Å². The Morgan fingerprint density at radius 3 is 2.39 bits per heavy atom. The number of carbonyl (C=O) groups is 2. The minimum absolute atomic E-state index is 0.0154. The maximum atomic E-state index is 13.6. The van der Waals surface area contributed by atoms with E-state index in [1.54, 1.807) is 36.5 Å². The molecule has 7 nitrogen and oxygen atoms in total. The molecule has 0 bridgehead atoms. The first-order valence-corrected chi connectivity index (χ1v) is 13.7. The number of para-hydroxylation sites is 1. The summed E-state index contributed by atoms with van der Waals surface area (Å²) in [6, 6.07) is 26.5. The Kier molecular flexibility index (Phi) is 8.15. The van der Waals surface area contributed by atoms with E-state index < -0.39 is 17.7 Å². The Morgan fingerprint density at radius 2 is 1.68 bits per heavy atom. The van der Waals surface area contributed by atoms with E-state index in [-0.39, 0.29) is 23.8 Å². The standard InChI is InChI=1S/C34H32N2O5/c1-4-40-29-17-16-24(20-28(29)22(2)3)32(37)30-31(36(34(39)33(30)38)21-25-12-8-9-18-35-25)23-11-10-15-27(19-23)41-26-13-6-5-7-14-26/h5-20,22,31,37H,4,21H2,1-3H3/b32-30+. The molecular weight excluding hydrogens is 516 g/mol. The highest BCUT2D eigenvalue weighted by molar-refractivity contribution is 6.46. The number of rotatable bonds is 9. The van der Waals surface area contributed by atoms with Gasteiger partial charge in [-0.3, -0.25) is 14.6 Å². The number of carbonyl (C=O) groups excluding carboxylic acids is 2. The van der Waals surface area contributed by atoms with Gasteiger partial charge in [0.2, 0.25) is 0 Å². The van der Waals surface area contributed by atoms with Crippen LogP contribution in [-0.2, 0) is 16.1 Å². The van der Waals surface area contributed by atoms with Gasteiger partial charge in [-0.15, -0.1) is 0 Å². The topological polar surface area (TPSA) is 89.0 Å². The summed E-state index contributed by atoms with van der Waals surface area (Å²) in [5.41, 5.74) is 2.61. The van der Waals surface area contributed by atoms with Gasteiger partial charge in [0.25, 0.3) is 11.7 Å². The number of aromatic nitrogens is 1. The number of aliphatic hydroxyl groups is 1. The molecule has 1 aromatic heterocycles. The van der Waals surface area contributed by atoms with E-state index in [1.165, 1.54) is 4.90 Å². The van der Waals surface area contributed by atoms with Gasteiger partial charge in [0.1, 0.15) is 23.0 Å². The van der Waals surface area contributed by atoms with E-state index >= 15 is 0 Å². The van der Waals surface area contributed by atoms with Crippen molar-refractivity contribution in [2.24, 2.45) is 0 Å². The third-order valence-electron chi connectivity index (χ3n) is 6.96. The van der Waals surface area contributed by atoms with Crippen LogP contribution in [-0.4, -0.2) is 33.3 Å². The summed E-state index contributed by atoms with van der Waals surface area (Å²) in [7, 11) is 0. The van der Waals surface area contributed by atoms with Crippen LogP contribution in [0.25, 0.3) is 5.76 Å². The number of benzene rings is 3. The largest absolute Gasteiger partial charge is 0.507 e. The quantitative estimate of drug-likeness (QED) is 0.137. The van der Waals surface area contributed by atoms with Crippen molar-refractivity contribution in [2.75, 3.05) is 6.61 Å². The van der Waals surface area contributed by atoms with E-state index in [0.717, 1.165) is 11.3 Å². The Balaban J connectivity index is 1.63. The number of amides is 1. The molecular formula is C34H32N2O5. The smallest absolute Gasteiger partial charge is 0.296 e. The molecule has 7 heteroatoms. The van der Waals surface area contributed by atoms with Gasteiger partial charge < -0.3 is 19.5 Å². The molecule has 1 N–H and O–H groups in total. The number of likely N-dealkylation sites (tertiary alicyclic amines) is 1. The molecule has 3 aromatic carbocycles. The van der Waals surface area contributed by atoms with Crippen LogP contribution in [0.3, 0.4) is 0 Å². The maximum Gasteiger partial charge on any atom is 0.296 e. The Hall–Kier alpha value is -4.91. The molecule has 1 saturated heterocycles. The van der Waals surface area contributed by atoms with E-state index in [2.05, 4.69) is 4.98 Å². The highest BCUT2D eigenvalue weighted by Gasteiger charge is 2.46. The van der Waals surface area contributed by atoms with Crippen molar-refractivity contribution in [2.45, 2.75) is 39.3 Å². The summed E-state index contributed by atoms with van der Waals surface area (Å²) in [6.07, 6.45) is 1.64. The number of pyridine rings is 1. The third-order valence-corrected chi connectivity index (χ3v) is 6.96. The number of Topliss-reactive ketones (excluding diaryl/α,β-unsaturated/α-hetero) is 1. The van der Waals surface area contributed by atoms with Gasteiger partial charge in [-0.25, -0.2) is 0 Å². The fourth-order valence-electron chi connectivity index (χ4n) is 5.02. The van der Waals surface area contributed by atoms with Crippen molar-refractivity contribution in [3.63, 3.8) is 0 Å². The van der Waals surface area contributed by atoms with Crippen LogP contribution in [0.1, 0.15) is 55.1 Å². The van der Waals surface area contributed by atoms with Crippen LogP contribution < -0.4 is 9.47 Å². The summed E-state index contributed by atoms with van der Waals surface area (Å²) in [6.45, 7) is 6.58. The van der Waals surface area contributed by atoms with Gasteiger partial charge in [0, 0.05) is 11.8 Å². The lowest BCUT2D eigenvalue weighted by Gasteiger charge is -2.25. The molecule has 1 atom stereocenters. The molecule has 1 amide bonds. The molecule has 208 valence electrons. The second-order valence-corrected chi connectivity index (χ2v) is 10.1. The second kappa shape index (κ2) is 12.1. The van der Waals surface area contributed by atoms with Crippen molar-refractivity contribution < 1.29 is 24.2 Å². The molecule has 1 aliphatic rings. The second-order valence-electron chi connectivity index (χ2n) is 10.1. The monoisotopic (exact) mass is 548 g/mol. The number of hydrogen-bond acceptors (Lipinski definition) is 6. The molecule has 4 aromatic rings. The number of aliphatic hydroxyl groups excluding tert-OH is 1. The molecule has 1 unspecified atom stereocenters. The van der Waals surface area contributed by atoms with Crippen LogP contribution in [0.5, 0.6) is 17.2 Å². The van der Waals surface area contributed by atoms with Crippen molar-refractivity contribution in [3.8, 4) is 17.2 Å². The van der Waals surface area contributed by atoms with Crippen molar-refractivity contribution in [1.29, 1.82) is 0 Å². The van der Waals surface area contributed by atoms with Crippen LogP contribution in [0, 0.1) is 0 Å². The van der Waals surface area contributed by atoms with E-state index in [9.17, 15) is 14.7 Å². The van der Waals surface area contributed by atoms with Crippen molar-refractivity contribution in [1.82, 2.24) is 9.88 Å². The van der Waals surface area contributed by atoms with E-state index in [4.69, 9.17) is 9.47 Å². The highest BCUT2D eigenvalue weighted by Crippen LogP contribution is 2.42. The Morgan fingerprint density at radius 1 is 0.927 bits per heavy atom. The van der Waals surface area contributed by atoms with Gasteiger partial charge >= 0.3 is 0 Å². The van der Waals surface area contributed by atoms with Crippen molar-refractivity contribution >= 4 is 17.4 Å². The van der Waals surface area contributed by atoms with Crippen LogP contribution >= 0.6 is 0 Å². The zero-order chi connectivity index (χ0) is 28.9. The summed E-state index contributed by atoms with van der Waals surface area (Å²) in [5.74, 6) is 0.333. The summed E-state index contributed by atoms with van der Waals surface area (Å²) in [4.78, 5) is 32.9. The highest BCUT2D eigenvalue weighted by atomic mass is 16.5. The Bertz CT molecular complexity index is 1580. The summed E-state index contributed by atoms with van der Waals surface area (Å²) < 4.78 is 11.8. The van der Waals surface area contributed by atoms with Crippen LogP contribution in [0.2, 0.25) is 0 Å². The number of hydrogen-bond donors (Lipinski definition) is 1. The number of nitrogens with zero attached hydrogens (tertiary/aromatic N) is 2. The third kappa shape index (κ3) is 5.84. The Labute approximate surface area is 239 Å². The van der Waals surface area contributed by atoms with Gasteiger partial charge in [0.15, 0.2) is 0 Å². The molecule has 5 rings (SSSR count).